The first-order valence-electron chi connectivity index (χ1n) is 6.39. The van der Waals surface area contributed by atoms with Crippen molar-refractivity contribution in [2.75, 3.05) is 6.61 Å². The molecule has 3 unspecified atom stereocenters. The van der Waals surface area contributed by atoms with Crippen molar-refractivity contribution >= 4 is 12.0 Å². The van der Waals surface area contributed by atoms with E-state index in [1.807, 2.05) is 13.8 Å². The van der Waals surface area contributed by atoms with Crippen LogP contribution in [0.5, 0.6) is 0 Å². The van der Waals surface area contributed by atoms with E-state index >= 15 is 0 Å². The molecule has 2 amide bonds. The predicted molar refractivity (Wildman–Crippen MR) is 66.4 cm³/mol. The lowest BCUT2D eigenvalue weighted by Crippen LogP contribution is -2.47. The molecule has 6 heteroatoms. The van der Waals surface area contributed by atoms with E-state index in [0.29, 0.717) is 19.4 Å². The van der Waals surface area contributed by atoms with Crippen molar-refractivity contribution in [3.63, 3.8) is 0 Å². The van der Waals surface area contributed by atoms with E-state index in [1.165, 1.54) is 0 Å². The van der Waals surface area contributed by atoms with Crippen molar-refractivity contribution in [1.29, 1.82) is 0 Å². The summed E-state index contributed by atoms with van der Waals surface area (Å²) in [6.45, 7) is 4.49. The molecule has 1 rings (SSSR count). The number of carbonyl (C=O) groups excluding carboxylic acids is 1. The molecule has 0 aromatic carbocycles. The number of ether oxygens (including phenoxy) is 1. The fourth-order valence-corrected chi connectivity index (χ4v) is 1.99. The Morgan fingerprint density at radius 2 is 2.22 bits per heavy atom. The zero-order valence-electron chi connectivity index (χ0n) is 10.9. The minimum Gasteiger partial charge on any atom is -0.481 e. The molecule has 0 bridgehead atoms. The third-order valence-corrected chi connectivity index (χ3v) is 3.10. The van der Waals surface area contributed by atoms with Crippen LogP contribution >= 0.6 is 0 Å². The van der Waals surface area contributed by atoms with Gasteiger partial charge >= 0.3 is 12.0 Å². The third-order valence-electron chi connectivity index (χ3n) is 3.10. The highest BCUT2D eigenvalue weighted by Gasteiger charge is 2.25. The summed E-state index contributed by atoms with van der Waals surface area (Å²) >= 11 is 0. The van der Waals surface area contributed by atoms with E-state index in [4.69, 9.17) is 9.84 Å². The molecule has 1 saturated heterocycles. The predicted octanol–water partition coefficient (Wildman–Crippen LogP) is 1.11. The number of carboxylic acids is 1. The van der Waals surface area contributed by atoms with Gasteiger partial charge in [0.05, 0.1) is 12.1 Å². The molecule has 0 saturated carbocycles. The smallest absolute Gasteiger partial charge is 0.315 e. The van der Waals surface area contributed by atoms with Crippen molar-refractivity contribution in [3.8, 4) is 0 Å². The van der Waals surface area contributed by atoms with Gasteiger partial charge in [-0.1, -0.05) is 0 Å². The summed E-state index contributed by atoms with van der Waals surface area (Å²) in [6.07, 6.45) is 2.26. The van der Waals surface area contributed by atoms with Crippen molar-refractivity contribution in [2.24, 2.45) is 0 Å². The second kappa shape index (κ2) is 7.20. The van der Waals surface area contributed by atoms with Crippen LogP contribution < -0.4 is 10.6 Å². The van der Waals surface area contributed by atoms with E-state index in [2.05, 4.69) is 10.6 Å². The van der Waals surface area contributed by atoms with E-state index < -0.39 is 5.97 Å². The summed E-state index contributed by atoms with van der Waals surface area (Å²) in [5, 5.41) is 14.2. The summed E-state index contributed by atoms with van der Waals surface area (Å²) in [7, 11) is 0. The monoisotopic (exact) mass is 258 g/mol. The zero-order valence-corrected chi connectivity index (χ0v) is 10.9. The lowest BCUT2D eigenvalue weighted by atomic mass is 10.1. The fourth-order valence-electron chi connectivity index (χ4n) is 1.99. The Kier molecular flexibility index (Phi) is 5.91. The Labute approximate surface area is 107 Å². The molecule has 0 radical (unpaired) electrons. The van der Waals surface area contributed by atoms with Crippen LogP contribution in [-0.4, -0.2) is 41.9 Å². The van der Waals surface area contributed by atoms with Crippen molar-refractivity contribution in [1.82, 2.24) is 10.6 Å². The second-order valence-electron chi connectivity index (χ2n) is 4.78. The van der Waals surface area contributed by atoms with Gasteiger partial charge in [0.15, 0.2) is 0 Å². The number of aliphatic carboxylic acids is 1. The molecule has 0 aliphatic carbocycles. The molecule has 1 aliphatic heterocycles. The molecule has 18 heavy (non-hydrogen) atoms. The molecule has 104 valence electrons. The number of rotatable bonds is 6. The average Bonchev–Trinajstić information content (AvgIpc) is 2.63. The maximum absolute atomic E-state index is 11.7. The standard InChI is InChI=1S/C12H22N2O4/c1-8(4-3-5-11(15)16)13-12(17)14-10-6-7-18-9(10)2/h8-10H,3-7H2,1-2H3,(H,15,16)(H2,13,14,17). The molecule has 1 aliphatic rings. The SMILES string of the molecule is CC(CCCC(=O)O)NC(=O)NC1CCOC1C. The lowest BCUT2D eigenvalue weighted by molar-refractivity contribution is -0.137. The molecule has 3 N–H and O–H groups in total. The summed E-state index contributed by atoms with van der Waals surface area (Å²) in [6, 6.07) is -0.168. The molecule has 1 heterocycles. The third kappa shape index (κ3) is 5.35. The van der Waals surface area contributed by atoms with E-state index in [9.17, 15) is 9.59 Å². The van der Waals surface area contributed by atoms with Gasteiger partial charge in [0.25, 0.3) is 0 Å². The van der Waals surface area contributed by atoms with Crippen LogP contribution in [0.25, 0.3) is 0 Å². The van der Waals surface area contributed by atoms with Gasteiger partial charge < -0.3 is 20.5 Å². The first-order chi connectivity index (χ1) is 8.49. The summed E-state index contributed by atoms with van der Waals surface area (Å²) in [5.74, 6) is -0.802. The minimum absolute atomic E-state index is 0.0259. The number of carboxylic acid groups (broad SMARTS) is 1. The highest BCUT2D eigenvalue weighted by molar-refractivity contribution is 5.74. The van der Waals surface area contributed by atoms with Crippen LogP contribution in [0.15, 0.2) is 0 Å². The molecule has 0 aromatic rings. The molecule has 0 spiro atoms. The first-order valence-corrected chi connectivity index (χ1v) is 6.39. The van der Waals surface area contributed by atoms with E-state index in [-0.39, 0.29) is 30.6 Å². The highest BCUT2D eigenvalue weighted by atomic mass is 16.5. The first kappa shape index (κ1) is 14.8. The summed E-state index contributed by atoms with van der Waals surface area (Å²) < 4.78 is 5.35. The quantitative estimate of drug-likeness (QED) is 0.666. The largest absolute Gasteiger partial charge is 0.481 e. The van der Waals surface area contributed by atoms with Crippen molar-refractivity contribution < 1.29 is 19.4 Å². The summed E-state index contributed by atoms with van der Waals surface area (Å²) in [5.41, 5.74) is 0. The number of carbonyl (C=O) groups is 2. The van der Waals surface area contributed by atoms with Gasteiger partial charge in [-0.25, -0.2) is 4.79 Å². The molecule has 1 fully saturated rings. The molecule has 0 aromatic heterocycles. The van der Waals surface area contributed by atoms with Gasteiger partial charge in [0.1, 0.15) is 0 Å². The van der Waals surface area contributed by atoms with Crippen LogP contribution in [-0.2, 0) is 9.53 Å². The molecule has 3 atom stereocenters. The maximum atomic E-state index is 11.7. The Balaban J connectivity index is 2.16. The number of urea groups is 1. The highest BCUT2D eigenvalue weighted by Crippen LogP contribution is 2.12. The maximum Gasteiger partial charge on any atom is 0.315 e. The fraction of sp³-hybridized carbons (Fsp3) is 0.833. The molecular formula is C12H22N2O4. The Morgan fingerprint density at radius 3 is 2.78 bits per heavy atom. The van der Waals surface area contributed by atoms with Crippen molar-refractivity contribution in [3.05, 3.63) is 0 Å². The Hall–Kier alpha value is -1.30. The van der Waals surface area contributed by atoms with Crippen LogP contribution in [0.1, 0.15) is 39.5 Å². The topological polar surface area (TPSA) is 87.7 Å². The molecule has 6 nitrogen and oxygen atoms in total. The number of amides is 2. The normalized spacial score (nSPS) is 24.6. The summed E-state index contributed by atoms with van der Waals surface area (Å²) in [4.78, 5) is 22.0. The van der Waals surface area contributed by atoms with Gasteiger partial charge in [0, 0.05) is 19.1 Å². The van der Waals surface area contributed by atoms with Gasteiger partial charge in [0.2, 0.25) is 0 Å². The zero-order chi connectivity index (χ0) is 13.5. The average molecular weight is 258 g/mol. The van der Waals surface area contributed by atoms with Gasteiger partial charge in [-0.2, -0.15) is 0 Å². The van der Waals surface area contributed by atoms with Gasteiger partial charge in [-0.05, 0) is 33.1 Å². The van der Waals surface area contributed by atoms with E-state index in [1.54, 1.807) is 0 Å². The lowest BCUT2D eigenvalue weighted by Gasteiger charge is -2.19. The van der Waals surface area contributed by atoms with Gasteiger partial charge in [-0.15, -0.1) is 0 Å². The van der Waals surface area contributed by atoms with E-state index in [0.717, 1.165) is 6.42 Å². The van der Waals surface area contributed by atoms with Crippen LogP contribution in [0.3, 0.4) is 0 Å². The number of hydrogen-bond donors (Lipinski definition) is 3. The van der Waals surface area contributed by atoms with Crippen LogP contribution in [0, 0.1) is 0 Å². The second-order valence-corrected chi connectivity index (χ2v) is 4.78. The van der Waals surface area contributed by atoms with Crippen LogP contribution in [0.2, 0.25) is 0 Å². The number of hydrogen-bond acceptors (Lipinski definition) is 3. The Bertz CT molecular complexity index is 296. The Morgan fingerprint density at radius 1 is 1.50 bits per heavy atom. The van der Waals surface area contributed by atoms with Crippen LogP contribution in [0.4, 0.5) is 4.79 Å². The van der Waals surface area contributed by atoms with Gasteiger partial charge in [-0.3, -0.25) is 4.79 Å². The minimum atomic E-state index is -0.802. The number of nitrogens with one attached hydrogen (secondary N) is 2. The van der Waals surface area contributed by atoms with Crippen molar-refractivity contribution in [2.45, 2.75) is 57.7 Å². The molecular weight excluding hydrogens is 236 g/mol.